The number of carboxylic acid groups (broad SMARTS) is 1. The first-order valence-electron chi connectivity index (χ1n) is 12.5. The van der Waals surface area contributed by atoms with Gasteiger partial charge in [-0.2, -0.15) is 11.3 Å². The van der Waals surface area contributed by atoms with E-state index < -0.39 is 12.0 Å². The molecule has 2 heterocycles. The second-order valence-corrected chi connectivity index (χ2v) is 9.65. The number of carbonyl (C=O) groups is 2. The molecule has 0 bridgehead atoms. The Balaban J connectivity index is 1.12. The number of thiophene rings is 1. The van der Waals surface area contributed by atoms with Crippen molar-refractivity contribution in [2.45, 2.75) is 19.0 Å². The van der Waals surface area contributed by atoms with Crippen molar-refractivity contribution in [1.82, 2.24) is 10.3 Å². The average Bonchev–Trinajstić information content (AvgIpc) is 3.63. The van der Waals surface area contributed by atoms with Crippen molar-refractivity contribution < 1.29 is 23.8 Å². The van der Waals surface area contributed by atoms with Gasteiger partial charge in [-0.15, -0.1) is 0 Å². The number of aromatic nitrogens is 1. The zero-order valence-electron chi connectivity index (χ0n) is 21.0. The molecule has 0 saturated carbocycles. The molecule has 1 atom stereocenters. The number of hydrogen-bond acceptors (Lipinski definition) is 8. The Morgan fingerprint density at radius 1 is 1.00 bits per heavy atom. The van der Waals surface area contributed by atoms with Crippen LogP contribution in [-0.2, 0) is 17.8 Å². The van der Waals surface area contributed by atoms with E-state index in [-0.39, 0.29) is 12.2 Å². The number of carboxylic acids is 1. The topological polar surface area (TPSA) is 114 Å². The maximum absolute atomic E-state index is 12.9. The summed E-state index contributed by atoms with van der Waals surface area (Å²) in [5.74, 6) is 0.168. The lowest BCUT2D eigenvalue weighted by atomic mass is 10.0. The molecule has 0 saturated heterocycles. The Hall–Kier alpha value is -4.47. The van der Waals surface area contributed by atoms with E-state index in [0.29, 0.717) is 48.2 Å². The summed E-state index contributed by atoms with van der Waals surface area (Å²) < 4.78 is 11.5. The molecule has 5 rings (SSSR count). The summed E-state index contributed by atoms with van der Waals surface area (Å²) in [6.07, 6.45) is 0.239. The standard InChI is InChI=1S/C30H27N3O5S/c34-29(21-13-16-39-19-21)23-5-1-2-6-24(23)32-26(30(35)36)17-20-9-11-22(12-10-20)37-15-14-31-18-28-33-25-7-3-4-8-27(25)38-28/h1-13,16,19,26,31-32H,14-15,17-18H2,(H,35,36). The van der Waals surface area contributed by atoms with E-state index in [1.807, 2.05) is 53.9 Å². The summed E-state index contributed by atoms with van der Waals surface area (Å²) in [5.41, 5.74) is 3.95. The van der Waals surface area contributed by atoms with Gasteiger partial charge in [-0.25, -0.2) is 9.78 Å². The molecule has 3 aromatic carbocycles. The van der Waals surface area contributed by atoms with Crippen molar-refractivity contribution in [3.05, 3.63) is 112 Å². The largest absolute Gasteiger partial charge is 0.492 e. The van der Waals surface area contributed by atoms with Crippen LogP contribution >= 0.6 is 11.3 Å². The maximum atomic E-state index is 12.9. The van der Waals surface area contributed by atoms with Crippen LogP contribution in [0.2, 0.25) is 0 Å². The van der Waals surface area contributed by atoms with Crippen LogP contribution in [0.3, 0.4) is 0 Å². The van der Waals surface area contributed by atoms with Crippen molar-refractivity contribution >= 4 is 39.9 Å². The summed E-state index contributed by atoms with van der Waals surface area (Å²) in [6, 6.07) is 22.8. The number of hydrogen-bond donors (Lipinski definition) is 3. The van der Waals surface area contributed by atoms with Crippen molar-refractivity contribution in [3.8, 4) is 5.75 Å². The molecule has 5 aromatic rings. The molecular formula is C30H27N3O5S. The van der Waals surface area contributed by atoms with Crippen molar-refractivity contribution in [2.75, 3.05) is 18.5 Å². The Morgan fingerprint density at radius 2 is 1.79 bits per heavy atom. The number of carbonyl (C=O) groups excluding carboxylic acids is 1. The molecule has 0 aliphatic carbocycles. The number of anilines is 1. The van der Waals surface area contributed by atoms with Gasteiger partial charge >= 0.3 is 5.97 Å². The normalized spacial score (nSPS) is 11.8. The van der Waals surface area contributed by atoms with E-state index in [2.05, 4.69) is 15.6 Å². The summed E-state index contributed by atoms with van der Waals surface area (Å²) in [7, 11) is 0. The molecule has 39 heavy (non-hydrogen) atoms. The van der Waals surface area contributed by atoms with Crippen LogP contribution in [0.4, 0.5) is 5.69 Å². The number of aliphatic carboxylic acids is 1. The molecule has 0 aliphatic heterocycles. The number of ether oxygens (including phenoxy) is 1. The lowest BCUT2D eigenvalue weighted by molar-refractivity contribution is -0.137. The molecule has 0 aliphatic rings. The summed E-state index contributed by atoms with van der Waals surface area (Å²) in [6.45, 7) is 1.56. The highest BCUT2D eigenvalue weighted by atomic mass is 32.1. The number of oxazole rings is 1. The van der Waals surface area contributed by atoms with Gasteiger partial charge in [0.2, 0.25) is 5.89 Å². The van der Waals surface area contributed by atoms with E-state index in [0.717, 1.165) is 16.7 Å². The van der Waals surface area contributed by atoms with Crippen molar-refractivity contribution in [3.63, 3.8) is 0 Å². The minimum atomic E-state index is -1.00. The van der Waals surface area contributed by atoms with Crippen LogP contribution in [0, 0.1) is 0 Å². The Labute approximate surface area is 229 Å². The molecule has 3 N–H and O–H groups in total. The quantitative estimate of drug-likeness (QED) is 0.134. The monoisotopic (exact) mass is 541 g/mol. The second-order valence-electron chi connectivity index (χ2n) is 8.87. The maximum Gasteiger partial charge on any atom is 0.326 e. The van der Waals surface area contributed by atoms with Crippen LogP contribution < -0.4 is 15.4 Å². The third kappa shape index (κ3) is 6.70. The molecule has 9 heteroatoms. The van der Waals surface area contributed by atoms with Crippen LogP contribution in [0.25, 0.3) is 11.1 Å². The molecular weight excluding hydrogens is 514 g/mol. The predicted octanol–water partition coefficient (Wildman–Crippen LogP) is 5.40. The highest BCUT2D eigenvalue weighted by Gasteiger charge is 2.21. The highest BCUT2D eigenvalue weighted by molar-refractivity contribution is 7.08. The van der Waals surface area contributed by atoms with Gasteiger partial charge in [0.25, 0.3) is 0 Å². The van der Waals surface area contributed by atoms with Crippen LogP contribution in [0.1, 0.15) is 27.4 Å². The van der Waals surface area contributed by atoms with Gasteiger partial charge in [0.05, 0.1) is 6.54 Å². The summed E-state index contributed by atoms with van der Waals surface area (Å²) in [4.78, 5) is 29.4. The minimum Gasteiger partial charge on any atom is -0.492 e. The first kappa shape index (κ1) is 26.1. The fourth-order valence-corrected chi connectivity index (χ4v) is 4.77. The fraction of sp³-hybridized carbons (Fsp3) is 0.167. The van der Waals surface area contributed by atoms with Gasteiger partial charge < -0.3 is 24.9 Å². The van der Waals surface area contributed by atoms with Gasteiger partial charge in [-0.05, 0) is 53.4 Å². The van der Waals surface area contributed by atoms with E-state index >= 15 is 0 Å². The van der Waals surface area contributed by atoms with Crippen LogP contribution in [0.5, 0.6) is 5.75 Å². The first-order valence-corrected chi connectivity index (χ1v) is 13.4. The SMILES string of the molecule is O=C(c1ccsc1)c1ccccc1NC(Cc1ccc(OCCNCc2nc3ccccc3o2)cc1)C(=O)O. The lowest BCUT2D eigenvalue weighted by Crippen LogP contribution is -2.32. The number of nitrogens with one attached hydrogen (secondary N) is 2. The smallest absolute Gasteiger partial charge is 0.326 e. The molecule has 2 aromatic heterocycles. The highest BCUT2D eigenvalue weighted by Crippen LogP contribution is 2.23. The van der Waals surface area contributed by atoms with Crippen LogP contribution in [0.15, 0.2) is 94.0 Å². The van der Waals surface area contributed by atoms with Crippen molar-refractivity contribution in [2.24, 2.45) is 0 Å². The molecule has 0 radical (unpaired) electrons. The second kappa shape index (κ2) is 12.4. The lowest BCUT2D eigenvalue weighted by Gasteiger charge is -2.18. The first-order chi connectivity index (χ1) is 19.1. The number of fused-ring (bicyclic) bond motifs is 1. The molecule has 1 unspecified atom stereocenters. The number of para-hydroxylation sites is 3. The Kier molecular flexibility index (Phi) is 8.30. The van der Waals surface area contributed by atoms with Crippen molar-refractivity contribution in [1.29, 1.82) is 0 Å². The Bertz CT molecular complexity index is 1510. The van der Waals surface area contributed by atoms with Crippen LogP contribution in [-0.4, -0.2) is 41.0 Å². The van der Waals surface area contributed by atoms with Gasteiger partial charge in [-0.3, -0.25) is 4.79 Å². The van der Waals surface area contributed by atoms with E-state index in [9.17, 15) is 14.7 Å². The Morgan fingerprint density at radius 3 is 2.56 bits per heavy atom. The minimum absolute atomic E-state index is 0.145. The van der Waals surface area contributed by atoms with Gasteiger partial charge in [0.1, 0.15) is 23.9 Å². The molecule has 0 amide bonds. The molecule has 198 valence electrons. The third-order valence-corrected chi connectivity index (χ3v) is 6.79. The van der Waals surface area contributed by atoms with Gasteiger partial charge in [0.15, 0.2) is 11.4 Å². The fourth-order valence-electron chi connectivity index (χ4n) is 4.13. The molecule has 0 spiro atoms. The average molecular weight is 542 g/mol. The number of nitrogens with zero attached hydrogens (tertiary/aromatic N) is 1. The summed E-state index contributed by atoms with van der Waals surface area (Å²) >= 11 is 1.44. The molecule has 8 nitrogen and oxygen atoms in total. The number of ketones is 1. The predicted molar refractivity (Wildman–Crippen MR) is 151 cm³/mol. The van der Waals surface area contributed by atoms with E-state index in [4.69, 9.17) is 9.15 Å². The summed E-state index contributed by atoms with van der Waals surface area (Å²) in [5, 5.41) is 19.8. The third-order valence-electron chi connectivity index (χ3n) is 6.11. The molecule has 0 fully saturated rings. The number of benzene rings is 3. The van der Waals surface area contributed by atoms with Gasteiger partial charge in [-0.1, -0.05) is 36.4 Å². The van der Waals surface area contributed by atoms with Gasteiger partial charge in [0, 0.05) is 35.2 Å². The zero-order chi connectivity index (χ0) is 27.0. The van der Waals surface area contributed by atoms with E-state index in [1.165, 1.54) is 11.3 Å². The number of rotatable bonds is 13. The zero-order valence-corrected chi connectivity index (χ0v) is 21.8. The van der Waals surface area contributed by atoms with E-state index in [1.54, 1.807) is 35.7 Å².